The molecule has 82 valence electrons. The molecule has 0 atom stereocenters. The van der Waals surface area contributed by atoms with Gasteiger partial charge in [0.25, 0.3) is 0 Å². The molecule has 0 unspecified atom stereocenters. The molecule has 0 aliphatic rings. The fourth-order valence-electron chi connectivity index (χ4n) is 1.17. The Balaban J connectivity index is 2.30. The van der Waals surface area contributed by atoms with E-state index in [9.17, 15) is 0 Å². The minimum absolute atomic E-state index is 0.683. The Morgan fingerprint density at radius 1 is 1.06 bits per heavy atom. The third-order valence-corrected chi connectivity index (χ3v) is 4.47. The van der Waals surface area contributed by atoms with E-state index in [1.54, 1.807) is 24.2 Å². The molecule has 0 radical (unpaired) electrons. The molecule has 0 amide bonds. The lowest BCUT2D eigenvalue weighted by Gasteiger charge is -2.06. The fraction of sp³-hybridized carbons (Fsp3) is 0. The minimum Gasteiger partial charge on any atom is -0.397 e. The van der Waals surface area contributed by atoms with E-state index in [-0.39, 0.29) is 0 Å². The average Bonchev–Trinajstić information content (AvgIpc) is 2.26. The van der Waals surface area contributed by atoms with E-state index in [1.807, 2.05) is 24.3 Å². The summed E-state index contributed by atoms with van der Waals surface area (Å²) in [6.07, 6.45) is 3.41. The van der Waals surface area contributed by atoms with Crippen molar-refractivity contribution < 1.29 is 0 Å². The lowest BCUT2D eigenvalue weighted by Crippen LogP contribution is -1.90. The number of hydrogen-bond donors (Lipinski definition) is 1. The molecule has 16 heavy (non-hydrogen) atoms. The van der Waals surface area contributed by atoms with Crippen molar-refractivity contribution in [1.29, 1.82) is 0 Å². The van der Waals surface area contributed by atoms with Gasteiger partial charge in [-0.25, -0.2) is 0 Å². The SMILES string of the molecule is Nc1cncc(Br)c1Sc1ccc(Br)cc1. The molecule has 0 aliphatic carbocycles. The van der Waals surface area contributed by atoms with Gasteiger partial charge in [-0.15, -0.1) is 0 Å². The first-order valence-electron chi connectivity index (χ1n) is 4.49. The van der Waals surface area contributed by atoms with Crippen LogP contribution in [-0.2, 0) is 0 Å². The second kappa shape index (κ2) is 5.21. The predicted molar refractivity (Wildman–Crippen MR) is 74.6 cm³/mol. The Hall–Kier alpha value is -0.520. The molecule has 2 aromatic rings. The quantitative estimate of drug-likeness (QED) is 0.866. The van der Waals surface area contributed by atoms with Gasteiger partial charge in [0.2, 0.25) is 0 Å². The summed E-state index contributed by atoms with van der Waals surface area (Å²) < 4.78 is 1.99. The third kappa shape index (κ3) is 2.78. The lowest BCUT2D eigenvalue weighted by atomic mass is 10.4. The molecule has 1 heterocycles. The Morgan fingerprint density at radius 2 is 1.75 bits per heavy atom. The molecule has 2 N–H and O–H groups in total. The van der Waals surface area contributed by atoms with E-state index < -0.39 is 0 Å². The smallest absolute Gasteiger partial charge is 0.0653 e. The maximum absolute atomic E-state index is 5.88. The number of benzene rings is 1. The number of pyridine rings is 1. The van der Waals surface area contributed by atoms with Gasteiger partial charge in [-0.1, -0.05) is 27.7 Å². The summed E-state index contributed by atoms with van der Waals surface area (Å²) in [5.41, 5.74) is 6.56. The zero-order chi connectivity index (χ0) is 11.5. The van der Waals surface area contributed by atoms with Gasteiger partial charge in [-0.05, 0) is 40.2 Å². The highest BCUT2D eigenvalue weighted by atomic mass is 79.9. The van der Waals surface area contributed by atoms with Crippen molar-refractivity contribution in [3.05, 3.63) is 45.6 Å². The summed E-state index contributed by atoms with van der Waals surface area (Å²) in [6, 6.07) is 8.10. The van der Waals surface area contributed by atoms with E-state index in [2.05, 4.69) is 36.8 Å². The number of anilines is 1. The molecule has 1 aromatic carbocycles. The van der Waals surface area contributed by atoms with Crippen LogP contribution in [0.4, 0.5) is 5.69 Å². The van der Waals surface area contributed by atoms with Crippen molar-refractivity contribution in [2.45, 2.75) is 9.79 Å². The van der Waals surface area contributed by atoms with E-state index in [1.165, 1.54) is 0 Å². The zero-order valence-electron chi connectivity index (χ0n) is 8.15. The van der Waals surface area contributed by atoms with E-state index >= 15 is 0 Å². The normalized spacial score (nSPS) is 10.4. The van der Waals surface area contributed by atoms with Crippen LogP contribution >= 0.6 is 43.6 Å². The van der Waals surface area contributed by atoms with Crippen LogP contribution in [0.5, 0.6) is 0 Å². The van der Waals surface area contributed by atoms with Crippen LogP contribution in [0.3, 0.4) is 0 Å². The first-order chi connectivity index (χ1) is 7.66. The van der Waals surface area contributed by atoms with Crippen LogP contribution in [0.15, 0.2) is 55.4 Å². The first-order valence-corrected chi connectivity index (χ1v) is 6.89. The minimum atomic E-state index is 0.683. The monoisotopic (exact) mass is 358 g/mol. The second-order valence-electron chi connectivity index (χ2n) is 3.10. The molecule has 5 heteroatoms. The zero-order valence-corrected chi connectivity index (χ0v) is 12.1. The average molecular weight is 360 g/mol. The van der Waals surface area contributed by atoms with Crippen LogP contribution in [0.1, 0.15) is 0 Å². The van der Waals surface area contributed by atoms with Crippen LogP contribution in [0.25, 0.3) is 0 Å². The van der Waals surface area contributed by atoms with Crippen molar-refractivity contribution in [1.82, 2.24) is 4.98 Å². The van der Waals surface area contributed by atoms with Gasteiger partial charge >= 0.3 is 0 Å². The molecular formula is C11H8Br2N2S. The number of halogens is 2. The van der Waals surface area contributed by atoms with Gasteiger partial charge in [0.15, 0.2) is 0 Å². The van der Waals surface area contributed by atoms with Crippen molar-refractivity contribution in [2.24, 2.45) is 0 Å². The van der Waals surface area contributed by atoms with Gasteiger partial charge in [0.05, 0.1) is 21.3 Å². The van der Waals surface area contributed by atoms with Crippen LogP contribution in [0, 0.1) is 0 Å². The van der Waals surface area contributed by atoms with Crippen molar-refractivity contribution >= 4 is 49.3 Å². The second-order valence-corrected chi connectivity index (χ2v) is 5.95. The maximum atomic E-state index is 5.88. The molecule has 2 nitrogen and oxygen atoms in total. The van der Waals surface area contributed by atoms with Gasteiger partial charge in [-0.2, -0.15) is 0 Å². The van der Waals surface area contributed by atoms with E-state index in [0.717, 1.165) is 18.7 Å². The first kappa shape index (κ1) is 12.0. The molecular weight excluding hydrogens is 352 g/mol. The van der Waals surface area contributed by atoms with Crippen LogP contribution < -0.4 is 5.73 Å². The number of nitrogens with zero attached hydrogens (tertiary/aromatic N) is 1. The number of nitrogen functional groups attached to an aromatic ring is 1. The number of nitrogens with two attached hydrogens (primary N) is 1. The summed E-state index contributed by atoms with van der Waals surface area (Å²) >= 11 is 8.47. The molecule has 0 aliphatic heterocycles. The number of rotatable bonds is 2. The standard InChI is InChI=1S/C11H8Br2N2S/c12-7-1-3-8(4-2-7)16-11-9(13)5-15-6-10(11)14/h1-6H,14H2. The van der Waals surface area contributed by atoms with Gasteiger partial charge in [0, 0.05) is 15.6 Å². The highest BCUT2D eigenvalue weighted by Crippen LogP contribution is 2.37. The summed E-state index contributed by atoms with van der Waals surface area (Å²) in [7, 11) is 0. The molecule has 0 saturated carbocycles. The molecule has 0 spiro atoms. The van der Waals surface area contributed by atoms with Gasteiger partial charge in [0.1, 0.15) is 0 Å². The summed E-state index contributed by atoms with van der Waals surface area (Å²) in [4.78, 5) is 6.15. The largest absolute Gasteiger partial charge is 0.397 e. The lowest BCUT2D eigenvalue weighted by molar-refractivity contribution is 1.24. The molecule has 0 bridgehead atoms. The van der Waals surface area contributed by atoms with Crippen molar-refractivity contribution in [3.63, 3.8) is 0 Å². The molecule has 2 rings (SSSR count). The van der Waals surface area contributed by atoms with Gasteiger partial charge < -0.3 is 5.73 Å². The fourth-order valence-corrected chi connectivity index (χ4v) is 2.85. The van der Waals surface area contributed by atoms with Crippen LogP contribution in [-0.4, -0.2) is 4.98 Å². The molecule has 0 fully saturated rings. The summed E-state index contributed by atoms with van der Waals surface area (Å²) in [5, 5.41) is 0. The predicted octanol–water partition coefficient (Wildman–Crippen LogP) is 4.34. The Morgan fingerprint density at radius 3 is 2.38 bits per heavy atom. The van der Waals surface area contributed by atoms with E-state index in [4.69, 9.17) is 5.73 Å². The number of hydrogen-bond acceptors (Lipinski definition) is 3. The molecule has 1 aromatic heterocycles. The van der Waals surface area contributed by atoms with Crippen molar-refractivity contribution in [2.75, 3.05) is 5.73 Å². The number of aromatic nitrogens is 1. The highest BCUT2D eigenvalue weighted by molar-refractivity contribution is 9.10. The third-order valence-electron chi connectivity index (χ3n) is 1.91. The Kier molecular flexibility index (Phi) is 3.89. The topological polar surface area (TPSA) is 38.9 Å². The van der Waals surface area contributed by atoms with Crippen molar-refractivity contribution in [3.8, 4) is 0 Å². The Labute approximate surface area is 115 Å². The van der Waals surface area contributed by atoms with Gasteiger partial charge in [-0.3, -0.25) is 4.98 Å². The van der Waals surface area contributed by atoms with E-state index in [0.29, 0.717) is 5.69 Å². The summed E-state index contributed by atoms with van der Waals surface area (Å²) in [6.45, 7) is 0. The maximum Gasteiger partial charge on any atom is 0.0653 e. The summed E-state index contributed by atoms with van der Waals surface area (Å²) in [5.74, 6) is 0. The highest BCUT2D eigenvalue weighted by Gasteiger charge is 2.06. The Bertz CT molecular complexity index is 480. The molecule has 0 saturated heterocycles. The van der Waals surface area contributed by atoms with Crippen LogP contribution in [0.2, 0.25) is 0 Å².